The third kappa shape index (κ3) is 4.56. The smallest absolute Gasteiger partial charge is 0.412 e. The highest BCUT2D eigenvalue weighted by Crippen LogP contribution is 2.21. The van der Waals surface area contributed by atoms with Crippen molar-refractivity contribution in [1.29, 1.82) is 0 Å². The summed E-state index contributed by atoms with van der Waals surface area (Å²) in [5.74, 6) is -0.960. The summed E-state index contributed by atoms with van der Waals surface area (Å²) in [6.07, 6.45) is -0.541. The molecule has 0 aliphatic carbocycles. The number of carbonyl (C=O) groups is 2. The molecule has 0 atom stereocenters. The second-order valence-corrected chi connectivity index (χ2v) is 6.39. The molecule has 3 rings (SSSR count). The van der Waals surface area contributed by atoms with Crippen molar-refractivity contribution in [3.63, 3.8) is 0 Å². The number of nitrogens with one attached hydrogen (secondary N) is 1. The summed E-state index contributed by atoms with van der Waals surface area (Å²) in [7, 11) is 0. The molecule has 1 aromatic heterocycles. The summed E-state index contributed by atoms with van der Waals surface area (Å²) in [4.78, 5) is 23.1. The van der Waals surface area contributed by atoms with E-state index < -0.39 is 12.1 Å². The molecular weight excluding hydrogens is 358 g/mol. The summed E-state index contributed by atoms with van der Waals surface area (Å²) >= 11 is 0. The molecule has 2 aromatic carbocycles. The van der Waals surface area contributed by atoms with E-state index in [0.717, 1.165) is 16.8 Å². The van der Waals surface area contributed by atoms with Gasteiger partial charge in [-0.2, -0.15) is 5.10 Å². The summed E-state index contributed by atoms with van der Waals surface area (Å²) in [5.41, 5.74) is 4.13. The van der Waals surface area contributed by atoms with Crippen LogP contribution >= 0.6 is 0 Å². The zero-order valence-electron chi connectivity index (χ0n) is 15.7. The molecule has 1 amide bonds. The molecule has 0 fully saturated rings. The topological polar surface area (TPSA) is 93.5 Å². The van der Waals surface area contributed by atoms with Gasteiger partial charge in [0.1, 0.15) is 6.61 Å². The predicted molar refractivity (Wildman–Crippen MR) is 104 cm³/mol. The fourth-order valence-corrected chi connectivity index (χ4v) is 2.82. The van der Waals surface area contributed by atoms with E-state index in [1.807, 2.05) is 44.2 Å². The number of aryl methyl sites for hydroxylation is 1. The summed E-state index contributed by atoms with van der Waals surface area (Å²) < 4.78 is 7.02. The molecule has 0 saturated carbocycles. The lowest BCUT2D eigenvalue weighted by Gasteiger charge is -2.08. The molecule has 3 aromatic rings. The number of hydrogen-bond donors (Lipinski definition) is 2. The van der Waals surface area contributed by atoms with Crippen LogP contribution in [0.4, 0.5) is 10.5 Å². The number of benzene rings is 2. The van der Waals surface area contributed by atoms with Crippen LogP contribution in [0.2, 0.25) is 0 Å². The standard InChI is InChI=1S/C21H21N3O4/c1-14-19(22-21(27)28-13-17-6-4-3-5-7-17)15(2)24(23-14)12-16-8-10-18(11-9-16)20(25)26/h3-11H,12-13H2,1-2H3,(H,22,27)(H,25,26). The van der Waals surface area contributed by atoms with E-state index in [1.54, 1.807) is 28.9 Å². The number of nitrogens with zero attached hydrogens (tertiary/aromatic N) is 2. The number of rotatable bonds is 6. The predicted octanol–water partition coefficient (Wildman–Crippen LogP) is 4.00. The van der Waals surface area contributed by atoms with Gasteiger partial charge in [0.05, 0.1) is 29.2 Å². The van der Waals surface area contributed by atoms with Crippen LogP contribution in [-0.2, 0) is 17.9 Å². The lowest BCUT2D eigenvalue weighted by atomic mass is 10.1. The average molecular weight is 379 g/mol. The van der Waals surface area contributed by atoms with Crippen molar-refractivity contribution in [2.75, 3.05) is 5.32 Å². The van der Waals surface area contributed by atoms with Gasteiger partial charge in [-0.25, -0.2) is 9.59 Å². The Kier molecular flexibility index (Phi) is 5.74. The zero-order chi connectivity index (χ0) is 20.1. The first kappa shape index (κ1) is 19.2. The van der Waals surface area contributed by atoms with Gasteiger partial charge in [0.25, 0.3) is 0 Å². The Bertz CT molecular complexity index is 979. The molecule has 0 spiro atoms. The van der Waals surface area contributed by atoms with Gasteiger partial charge in [0.15, 0.2) is 0 Å². The maximum Gasteiger partial charge on any atom is 0.412 e. The molecule has 0 bridgehead atoms. The molecule has 0 aliphatic rings. The first-order valence-corrected chi connectivity index (χ1v) is 8.78. The fraction of sp³-hybridized carbons (Fsp3) is 0.190. The van der Waals surface area contributed by atoms with E-state index in [-0.39, 0.29) is 12.2 Å². The van der Waals surface area contributed by atoms with Gasteiger partial charge in [-0.3, -0.25) is 10.00 Å². The van der Waals surface area contributed by atoms with Crippen LogP contribution < -0.4 is 5.32 Å². The molecule has 0 unspecified atom stereocenters. The Labute approximate surface area is 162 Å². The van der Waals surface area contributed by atoms with Crippen molar-refractivity contribution in [2.24, 2.45) is 0 Å². The minimum Gasteiger partial charge on any atom is -0.478 e. The lowest BCUT2D eigenvalue weighted by Crippen LogP contribution is -2.14. The zero-order valence-corrected chi connectivity index (χ0v) is 15.7. The van der Waals surface area contributed by atoms with Crippen LogP contribution in [0, 0.1) is 13.8 Å². The van der Waals surface area contributed by atoms with Crippen LogP contribution in [0.15, 0.2) is 54.6 Å². The van der Waals surface area contributed by atoms with Crippen molar-refractivity contribution < 1.29 is 19.4 Å². The summed E-state index contributed by atoms with van der Waals surface area (Å²) in [6, 6.07) is 16.1. The van der Waals surface area contributed by atoms with E-state index in [0.29, 0.717) is 17.9 Å². The third-order valence-electron chi connectivity index (χ3n) is 4.35. The number of ether oxygens (including phenoxy) is 1. The van der Waals surface area contributed by atoms with Crippen molar-refractivity contribution in [3.8, 4) is 0 Å². The number of carboxylic acids is 1. The van der Waals surface area contributed by atoms with Crippen molar-refractivity contribution >= 4 is 17.7 Å². The quantitative estimate of drug-likeness (QED) is 0.675. The van der Waals surface area contributed by atoms with Crippen molar-refractivity contribution in [2.45, 2.75) is 27.0 Å². The Hall–Kier alpha value is -3.61. The third-order valence-corrected chi connectivity index (χ3v) is 4.35. The number of aromatic carboxylic acids is 1. The Balaban J connectivity index is 1.65. The number of carbonyl (C=O) groups excluding carboxylic acids is 1. The second-order valence-electron chi connectivity index (χ2n) is 6.39. The molecule has 7 nitrogen and oxygen atoms in total. The van der Waals surface area contributed by atoms with Gasteiger partial charge >= 0.3 is 12.1 Å². The largest absolute Gasteiger partial charge is 0.478 e. The minimum atomic E-state index is -0.960. The van der Waals surface area contributed by atoms with Crippen molar-refractivity contribution in [1.82, 2.24) is 9.78 Å². The summed E-state index contributed by atoms with van der Waals surface area (Å²) in [5, 5.41) is 16.2. The number of amides is 1. The molecule has 0 radical (unpaired) electrons. The average Bonchev–Trinajstić information content (AvgIpc) is 2.95. The monoisotopic (exact) mass is 379 g/mol. The van der Waals surface area contributed by atoms with E-state index in [1.165, 1.54) is 0 Å². The normalized spacial score (nSPS) is 10.5. The summed E-state index contributed by atoms with van der Waals surface area (Å²) in [6.45, 7) is 4.32. The highest BCUT2D eigenvalue weighted by Gasteiger charge is 2.15. The molecule has 144 valence electrons. The lowest BCUT2D eigenvalue weighted by molar-refractivity contribution is 0.0697. The van der Waals surface area contributed by atoms with Gasteiger partial charge in [0, 0.05) is 0 Å². The molecule has 2 N–H and O–H groups in total. The van der Waals surface area contributed by atoms with Crippen LogP contribution in [0.1, 0.15) is 32.9 Å². The van der Waals surface area contributed by atoms with E-state index in [2.05, 4.69) is 10.4 Å². The number of hydrogen-bond acceptors (Lipinski definition) is 4. The molecular formula is C21H21N3O4. The van der Waals surface area contributed by atoms with E-state index >= 15 is 0 Å². The van der Waals surface area contributed by atoms with Crippen LogP contribution in [-0.4, -0.2) is 26.9 Å². The van der Waals surface area contributed by atoms with Crippen LogP contribution in [0.5, 0.6) is 0 Å². The maximum atomic E-state index is 12.1. The molecule has 1 heterocycles. The van der Waals surface area contributed by atoms with E-state index in [9.17, 15) is 9.59 Å². The fourth-order valence-electron chi connectivity index (χ4n) is 2.82. The first-order chi connectivity index (χ1) is 13.4. The number of carboxylic acid groups (broad SMARTS) is 1. The van der Waals surface area contributed by atoms with Crippen LogP contribution in [0.25, 0.3) is 0 Å². The Morgan fingerprint density at radius 3 is 2.36 bits per heavy atom. The van der Waals surface area contributed by atoms with E-state index in [4.69, 9.17) is 9.84 Å². The number of anilines is 1. The van der Waals surface area contributed by atoms with Gasteiger partial charge in [0.2, 0.25) is 0 Å². The van der Waals surface area contributed by atoms with Gasteiger partial charge in [-0.15, -0.1) is 0 Å². The van der Waals surface area contributed by atoms with Gasteiger partial charge in [-0.05, 0) is 37.1 Å². The highest BCUT2D eigenvalue weighted by atomic mass is 16.5. The molecule has 0 saturated heterocycles. The Morgan fingerprint density at radius 2 is 1.71 bits per heavy atom. The highest BCUT2D eigenvalue weighted by molar-refractivity contribution is 5.87. The van der Waals surface area contributed by atoms with Gasteiger partial charge in [-0.1, -0.05) is 42.5 Å². The second kappa shape index (κ2) is 8.39. The SMILES string of the molecule is Cc1nn(Cc2ccc(C(=O)O)cc2)c(C)c1NC(=O)OCc1ccccc1. The molecule has 0 aliphatic heterocycles. The Morgan fingerprint density at radius 1 is 1.04 bits per heavy atom. The molecule has 7 heteroatoms. The minimum absolute atomic E-state index is 0.189. The first-order valence-electron chi connectivity index (χ1n) is 8.78. The maximum absolute atomic E-state index is 12.1. The number of aromatic nitrogens is 2. The molecule has 28 heavy (non-hydrogen) atoms. The van der Waals surface area contributed by atoms with Gasteiger partial charge < -0.3 is 9.84 Å². The van der Waals surface area contributed by atoms with Crippen LogP contribution in [0.3, 0.4) is 0 Å². The van der Waals surface area contributed by atoms with Crippen molar-refractivity contribution in [3.05, 3.63) is 82.7 Å².